The molecule has 0 aliphatic heterocycles. The molecule has 0 bridgehead atoms. The Morgan fingerprint density at radius 2 is 2.09 bits per heavy atom. The summed E-state index contributed by atoms with van der Waals surface area (Å²) >= 11 is 0. The van der Waals surface area contributed by atoms with Crippen molar-refractivity contribution < 1.29 is 9.90 Å². The Morgan fingerprint density at radius 1 is 1.55 bits per heavy atom. The average Bonchev–Trinajstić information content (AvgIpc) is 1.83. The van der Waals surface area contributed by atoms with Gasteiger partial charge >= 0.3 is 0 Å². The lowest BCUT2D eigenvalue weighted by Crippen LogP contribution is -2.15. The smallest absolute Gasteiger partial charge is 0.205 e. The number of Topliss-reactive ketones (excluding diaryl/α,β-unsaturated/α-hetero) is 1. The molecule has 0 aromatic carbocycles. The molecule has 0 fully saturated rings. The van der Waals surface area contributed by atoms with Gasteiger partial charge in [-0.25, -0.2) is 0 Å². The quantitative estimate of drug-likeness (QED) is 0.478. The Labute approximate surface area is 67.6 Å². The predicted molar refractivity (Wildman–Crippen MR) is 44.0 cm³/mol. The van der Waals surface area contributed by atoms with Crippen LogP contribution in [-0.4, -0.2) is 16.5 Å². The van der Waals surface area contributed by atoms with E-state index in [9.17, 15) is 4.79 Å². The monoisotopic (exact) mass is 154 g/mol. The second kappa shape index (κ2) is 4.15. The SMILES string of the molecule is CCCC(=O)C#CC(C)(C)O. The van der Waals surface area contributed by atoms with Gasteiger partial charge in [0.25, 0.3) is 0 Å². The number of ketones is 1. The zero-order valence-electron chi connectivity index (χ0n) is 7.27. The molecule has 0 saturated heterocycles. The maximum atomic E-state index is 10.8. The first-order valence-corrected chi connectivity index (χ1v) is 3.74. The van der Waals surface area contributed by atoms with Gasteiger partial charge < -0.3 is 5.11 Å². The lowest BCUT2D eigenvalue weighted by Gasteiger charge is -2.05. The van der Waals surface area contributed by atoms with Crippen molar-refractivity contribution in [3.63, 3.8) is 0 Å². The fourth-order valence-electron chi connectivity index (χ4n) is 0.512. The van der Waals surface area contributed by atoms with Crippen LogP contribution >= 0.6 is 0 Å². The molecule has 0 aromatic rings. The molecule has 0 aliphatic rings. The van der Waals surface area contributed by atoms with E-state index in [1.54, 1.807) is 13.8 Å². The number of aliphatic hydroxyl groups is 1. The molecule has 0 aromatic heterocycles. The van der Waals surface area contributed by atoms with Gasteiger partial charge in [-0.1, -0.05) is 12.8 Å². The fourth-order valence-corrected chi connectivity index (χ4v) is 0.512. The summed E-state index contributed by atoms with van der Waals surface area (Å²) in [5, 5.41) is 9.11. The van der Waals surface area contributed by atoms with Crippen molar-refractivity contribution in [3.8, 4) is 11.8 Å². The zero-order valence-corrected chi connectivity index (χ0v) is 7.27. The first-order valence-electron chi connectivity index (χ1n) is 3.74. The molecule has 62 valence electrons. The van der Waals surface area contributed by atoms with Crippen molar-refractivity contribution in [2.24, 2.45) is 0 Å². The highest BCUT2D eigenvalue weighted by atomic mass is 16.3. The van der Waals surface area contributed by atoms with Gasteiger partial charge in [0, 0.05) is 6.42 Å². The van der Waals surface area contributed by atoms with Crippen LogP contribution in [0.2, 0.25) is 0 Å². The molecule has 11 heavy (non-hydrogen) atoms. The highest BCUT2D eigenvalue weighted by molar-refractivity contribution is 5.95. The van der Waals surface area contributed by atoms with E-state index in [4.69, 9.17) is 5.11 Å². The zero-order chi connectivity index (χ0) is 8.91. The lowest BCUT2D eigenvalue weighted by atomic mass is 10.1. The van der Waals surface area contributed by atoms with E-state index in [0.29, 0.717) is 6.42 Å². The van der Waals surface area contributed by atoms with Crippen molar-refractivity contribution in [2.75, 3.05) is 0 Å². The number of hydrogen-bond donors (Lipinski definition) is 1. The summed E-state index contributed by atoms with van der Waals surface area (Å²) in [4.78, 5) is 10.8. The van der Waals surface area contributed by atoms with Gasteiger partial charge in [-0.05, 0) is 26.2 Å². The maximum Gasteiger partial charge on any atom is 0.205 e. The summed E-state index contributed by atoms with van der Waals surface area (Å²) in [6, 6.07) is 0. The molecule has 2 heteroatoms. The molecule has 0 unspecified atom stereocenters. The normalized spacial score (nSPS) is 10.2. The molecule has 0 saturated carbocycles. The van der Waals surface area contributed by atoms with E-state index in [-0.39, 0.29) is 5.78 Å². The number of carbonyl (C=O) groups excluding carboxylic acids is 1. The third kappa shape index (κ3) is 7.08. The second-order valence-corrected chi connectivity index (χ2v) is 2.98. The molecule has 0 heterocycles. The average molecular weight is 154 g/mol. The largest absolute Gasteiger partial charge is 0.378 e. The number of rotatable bonds is 2. The summed E-state index contributed by atoms with van der Waals surface area (Å²) in [5.41, 5.74) is -1.05. The Morgan fingerprint density at radius 3 is 2.45 bits per heavy atom. The lowest BCUT2D eigenvalue weighted by molar-refractivity contribution is -0.113. The van der Waals surface area contributed by atoms with Gasteiger partial charge in [0.15, 0.2) is 0 Å². The van der Waals surface area contributed by atoms with E-state index in [2.05, 4.69) is 11.8 Å². The number of hydrogen-bond acceptors (Lipinski definition) is 2. The van der Waals surface area contributed by atoms with E-state index >= 15 is 0 Å². The Balaban J connectivity index is 3.98. The number of carbonyl (C=O) groups is 1. The minimum Gasteiger partial charge on any atom is -0.378 e. The molecular weight excluding hydrogens is 140 g/mol. The summed E-state index contributed by atoms with van der Waals surface area (Å²) in [6.07, 6.45) is 1.28. The molecule has 0 spiro atoms. The molecule has 0 amide bonds. The van der Waals surface area contributed by atoms with Crippen LogP contribution in [0.3, 0.4) is 0 Å². The van der Waals surface area contributed by atoms with Crippen LogP contribution in [0, 0.1) is 11.8 Å². The molecule has 0 radical (unpaired) electrons. The van der Waals surface area contributed by atoms with E-state index in [1.165, 1.54) is 0 Å². The van der Waals surface area contributed by atoms with Gasteiger partial charge in [-0.3, -0.25) is 4.79 Å². The van der Waals surface area contributed by atoms with Crippen LogP contribution in [-0.2, 0) is 4.79 Å². The van der Waals surface area contributed by atoms with E-state index in [0.717, 1.165) is 6.42 Å². The van der Waals surface area contributed by atoms with Crippen molar-refractivity contribution in [3.05, 3.63) is 0 Å². The summed E-state index contributed by atoms with van der Waals surface area (Å²) < 4.78 is 0. The first kappa shape index (κ1) is 10.2. The van der Waals surface area contributed by atoms with Crippen LogP contribution in [0.1, 0.15) is 33.6 Å². The minimum absolute atomic E-state index is 0.102. The Bertz CT molecular complexity index is 188. The van der Waals surface area contributed by atoms with Crippen LogP contribution < -0.4 is 0 Å². The van der Waals surface area contributed by atoms with Gasteiger partial charge in [-0.15, -0.1) is 0 Å². The minimum atomic E-state index is -1.05. The summed E-state index contributed by atoms with van der Waals surface area (Å²) in [7, 11) is 0. The topological polar surface area (TPSA) is 37.3 Å². The molecule has 1 N–H and O–H groups in total. The standard InChI is InChI=1S/C9H14O2/c1-4-5-8(10)6-7-9(2,3)11/h11H,4-5H2,1-3H3. The maximum absolute atomic E-state index is 10.8. The fraction of sp³-hybridized carbons (Fsp3) is 0.667. The highest BCUT2D eigenvalue weighted by Crippen LogP contribution is 1.96. The summed E-state index contributed by atoms with van der Waals surface area (Å²) in [5.74, 6) is 4.74. The van der Waals surface area contributed by atoms with Crippen molar-refractivity contribution in [1.29, 1.82) is 0 Å². The van der Waals surface area contributed by atoms with Crippen LogP contribution in [0.4, 0.5) is 0 Å². The second-order valence-electron chi connectivity index (χ2n) is 2.98. The van der Waals surface area contributed by atoms with Gasteiger partial charge in [0.2, 0.25) is 5.78 Å². The van der Waals surface area contributed by atoms with Crippen LogP contribution in [0.25, 0.3) is 0 Å². The molecular formula is C9H14O2. The van der Waals surface area contributed by atoms with Crippen molar-refractivity contribution >= 4 is 5.78 Å². The molecule has 2 nitrogen and oxygen atoms in total. The third-order valence-corrected chi connectivity index (χ3v) is 0.985. The third-order valence-electron chi connectivity index (χ3n) is 0.985. The van der Waals surface area contributed by atoms with Crippen LogP contribution in [0.15, 0.2) is 0 Å². The molecule has 0 aliphatic carbocycles. The predicted octanol–water partition coefficient (Wildman–Crippen LogP) is 1.13. The van der Waals surface area contributed by atoms with Crippen molar-refractivity contribution in [1.82, 2.24) is 0 Å². The van der Waals surface area contributed by atoms with Gasteiger partial charge in [-0.2, -0.15) is 0 Å². The Hall–Kier alpha value is -0.810. The van der Waals surface area contributed by atoms with E-state index in [1.807, 2.05) is 6.92 Å². The van der Waals surface area contributed by atoms with Gasteiger partial charge in [0.05, 0.1) is 0 Å². The molecule has 0 atom stereocenters. The highest BCUT2D eigenvalue weighted by Gasteiger charge is 2.06. The van der Waals surface area contributed by atoms with Gasteiger partial charge in [0.1, 0.15) is 5.60 Å². The summed E-state index contributed by atoms with van der Waals surface area (Å²) in [6.45, 7) is 5.03. The molecule has 0 rings (SSSR count). The van der Waals surface area contributed by atoms with Crippen molar-refractivity contribution in [2.45, 2.75) is 39.2 Å². The van der Waals surface area contributed by atoms with Crippen LogP contribution in [0.5, 0.6) is 0 Å². The van der Waals surface area contributed by atoms with E-state index < -0.39 is 5.60 Å². The first-order chi connectivity index (χ1) is 4.95. The Kier molecular flexibility index (Phi) is 3.84.